The summed E-state index contributed by atoms with van der Waals surface area (Å²) in [6.45, 7) is 1.51. The van der Waals surface area contributed by atoms with Crippen LogP contribution in [0.4, 0.5) is 17.6 Å². The molecule has 0 unspecified atom stereocenters. The van der Waals surface area contributed by atoms with Crippen molar-refractivity contribution < 1.29 is 9.47 Å². The Morgan fingerprint density at radius 3 is 2.67 bits per heavy atom. The van der Waals surface area contributed by atoms with E-state index in [-0.39, 0.29) is 12.0 Å². The lowest BCUT2D eigenvalue weighted by Crippen LogP contribution is -2.25. The summed E-state index contributed by atoms with van der Waals surface area (Å²) in [7, 11) is 3.37. The van der Waals surface area contributed by atoms with Crippen LogP contribution in [0.2, 0.25) is 0 Å². The van der Waals surface area contributed by atoms with Crippen molar-refractivity contribution in [1.29, 1.82) is 0 Å². The minimum absolute atomic E-state index is 0.193. The van der Waals surface area contributed by atoms with Gasteiger partial charge in [-0.3, -0.25) is 4.90 Å². The summed E-state index contributed by atoms with van der Waals surface area (Å²) < 4.78 is 11.0. The fourth-order valence-electron chi connectivity index (χ4n) is 3.86. The predicted octanol–water partition coefficient (Wildman–Crippen LogP) is 3.55. The van der Waals surface area contributed by atoms with Crippen molar-refractivity contribution in [2.75, 3.05) is 31.8 Å². The molecule has 0 saturated carbocycles. The van der Waals surface area contributed by atoms with E-state index in [1.165, 1.54) is 0 Å². The van der Waals surface area contributed by atoms with Crippen LogP contribution in [0.25, 0.3) is 0 Å². The van der Waals surface area contributed by atoms with E-state index < -0.39 is 0 Å². The fraction of sp³-hybridized carbons (Fsp3) is 0.318. The molecule has 1 aliphatic rings. The Balaban J connectivity index is 1.56. The number of likely N-dealkylation sites (tertiary alicyclic amines) is 1. The normalized spacial score (nSPS) is 16.4. The highest BCUT2D eigenvalue weighted by atomic mass is 16.5. The monoisotopic (exact) mass is 406 g/mol. The zero-order valence-electron chi connectivity index (χ0n) is 17.2. The van der Waals surface area contributed by atoms with Crippen LogP contribution >= 0.6 is 0 Å². The minimum Gasteiger partial charge on any atom is -0.497 e. The SMILES string of the molecule is COc1ccc(OC)c([C@H]2CCCN2Cc2nc(N)nc(Nc3ccccc3)n2)c1. The first kappa shape index (κ1) is 19.9. The Morgan fingerprint density at radius 2 is 1.90 bits per heavy atom. The van der Waals surface area contributed by atoms with Gasteiger partial charge in [0.2, 0.25) is 11.9 Å². The summed E-state index contributed by atoms with van der Waals surface area (Å²) in [6.07, 6.45) is 2.11. The average Bonchev–Trinajstić information content (AvgIpc) is 3.21. The van der Waals surface area contributed by atoms with Crippen LogP contribution in [-0.4, -0.2) is 40.6 Å². The maximum Gasteiger partial charge on any atom is 0.232 e. The highest BCUT2D eigenvalue weighted by Gasteiger charge is 2.29. The van der Waals surface area contributed by atoms with Crippen LogP contribution in [0.1, 0.15) is 30.3 Å². The number of hydrogen-bond acceptors (Lipinski definition) is 8. The molecule has 0 aliphatic carbocycles. The van der Waals surface area contributed by atoms with Gasteiger partial charge in [0, 0.05) is 17.3 Å². The molecule has 8 heteroatoms. The van der Waals surface area contributed by atoms with Crippen molar-refractivity contribution in [3.63, 3.8) is 0 Å². The van der Waals surface area contributed by atoms with E-state index >= 15 is 0 Å². The molecule has 1 saturated heterocycles. The summed E-state index contributed by atoms with van der Waals surface area (Å²) in [4.78, 5) is 15.5. The Labute approximate surface area is 176 Å². The highest BCUT2D eigenvalue weighted by Crippen LogP contribution is 2.39. The number of aromatic nitrogens is 3. The molecule has 30 heavy (non-hydrogen) atoms. The van der Waals surface area contributed by atoms with Crippen LogP contribution in [0, 0.1) is 0 Å². The molecule has 2 aromatic carbocycles. The number of hydrogen-bond donors (Lipinski definition) is 2. The quantitative estimate of drug-likeness (QED) is 0.615. The lowest BCUT2D eigenvalue weighted by atomic mass is 10.0. The van der Waals surface area contributed by atoms with E-state index in [1.807, 2.05) is 48.5 Å². The van der Waals surface area contributed by atoms with E-state index in [4.69, 9.17) is 15.2 Å². The topological polar surface area (TPSA) is 98.4 Å². The molecular weight excluding hydrogens is 380 g/mol. The molecule has 0 radical (unpaired) electrons. The summed E-state index contributed by atoms with van der Waals surface area (Å²) in [5, 5.41) is 3.19. The lowest BCUT2D eigenvalue weighted by molar-refractivity contribution is 0.236. The highest BCUT2D eigenvalue weighted by molar-refractivity contribution is 5.53. The standard InChI is InChI=1S/C22H26N6O2/c1-29-16-10-11-19(30-2)17(13-16)18-9-6-12-28(18)14-20-25-21(23)27-22(26-20)24-15-7-4-3-5-8-15/h3-5,7-8,10-11,13,18H,6,9,12,14H2,1-2H3,(H3,23,24,25,26,27)/t18-/m1/s1. The molecule has 1 fully saturated rings. The molecule has 0 spiro atoms. The average molecular weight is 406 g/mol. The zero-order valence-corrected chi connectivity index (χ0v) is 17.2. The van der Waals surface area contributed by atoms with Crippen molar-refractivity contribution in [3.8, 4) is 11.5 Å². The summed E-state index contributed by atoms with van der Waals surface area (Å²) in [6, 6.07) is 15.9. The van der Waals surface area contributed by atoms with Crippen LogP contribution in [0.3, 0.4) is 0 Å². The van der Waals surface area contributed by atoms with Gasteiger partial charge in [-0.1, -0.05) is 18.2 Å². The van der Waals surface area contributed by atoms with Gasteiger partial charge in [-0.15, -0.1) is 0 Å². The predicted molar refractivity (Wildman–Crippen MR) is 116 cm³/mol. The van der Waals surface area contributed by atoms with Crippen molar-refractivity contribution in [3.05, 3.63) is 59.9 Å². The minimum atomic E-state index is 0.193. The fourth-order valence-corrected chi connectivity index (χ4v) is 3.86. The van der Waals surface area contributed by atoms with Gasteiger partial charge in [-0.25, -0.2) is 0 Å². The number of ether oxygens (including phenoxy) is 2. The number of para-hydroxylation sites is 1. The molecule has 1 aromatic heterocycles. The van der Waals surface area contributed by atoms with Crippen LogP contribution in [0.15, 0.2) is 48.5 Å². The van der Waals surface area contributed by atoms with Gasteiger partial charge in [0.05, 0.1) is 20.8 Å². The third kappa shape index (κ3) is 4.44. The van der Waals surface area contributed by atoms with Crippen LogP contribution in [-0.2, 0) is 6.54 Å². The first-order chi connectivity index (χ1) is 14.7. The molecule has 0 amide bonds. The molecule has 1 atom stereocenters. The second kappa shape index (κ2) is 8.96. The molecule has 4 rings (SSSR count). The number of nitrogen functional groups attached to an aromatic ring is 1. The number of rotatable bonds is 7. The number of methoxy groups -OCH3 is 2. The van der Waals surface area contributed by atoms with E-state index in [0.717, 1.165) is 42.1 Å². The van der Waals surface area contributed by atoms with E-state index in [0.29, 0.717) is 18.3 Å². The van der Waals surface area contributed by atoms with Gasteiger partial charge < -0.3 is 20.5 Å². The van der Waals surface area contributed by atoms with E-state index in [2.05, 4.69) is 25.2 Å². The Kier molecular flexibility index (Phi) is 5.94. The third-order valence-electron chi connectivity index (χ3n) is 5.23. The summed E-state index contributed by atoms with van der Waals surface area (Å²) in [5.41, 5.74) is 7.97. The Hall–Kier alpha value is -3.39. The maximum absolute atomic E-state index is 5.96. The smallest absolute Gasteiger partial charge is 0.232 e. The Bertz CT molecular complexity index is 998. The first-order valence-corrected chi connectivity index (χ1v) is 9.94. The molecule has 3 aromatic rings. The zero-order chi connectivity index (χ0) is 20.9. The maximum atomic E-state index is 5.96. The largest absolute Gasteiger partial charge is 0.497 e. The second-order valence-electron chi connectivity index (χ2n) is 7.16. The molecule has 156 valence electrons. The second-order valence-corrected chi connectivity index (χ2v) is 7.16. The molecule has 8 nitrogen and oxygen atoms in total. The van der Waals surface area contributed by atoms with Gasteiger partial charge in [-0.2, -0.15) is 15.0 Å². The molecule has 3 N–H and O–H groups in total. The number of nitrogens with zero attached hydrogens (tertiary/aromatic N) is 4. The van der Waals surface area contributed by atoms with Gasteiger partial charge in [0.25, 0.3) is 0 Å². The third-order valence-corrected chi connectivity index (χ3v) is 5.23. The molecule has 1 aliphatic heterocycles. The van der Waals surface area contributed by atoms with Gasteiger partial charge in [0.15, 0.2) is 0 Å². The Morgan fingerprint density at radius 1 is 1.07 bits per heavy atom. The number of nitrogens with two attached hydrogens (primary N) is 1. The van der Waals surface area contributed by atoms with Crippen LogP contribution < -0.4 is 20.5 Å². The summed E-state index contributed by atoms with van der Waals surface area (Å²) >= 11 is 0. The summed E-state index contributed by atoms with van der Waals surface area (Å²) in [5.74, 6) is 2.95. The molecule has 0 bridgehead atoms. The number of benzene rings is 2. The molecular formula is C22H26N6O2. The lowest BCUT2D eigenvalue weighted by Gasteiger charge is -2.26. The van der Waals surface area contributed by atoms with E-state index in [1.54, 1.807) is 14.2 Å². The van der Waals surface area contributed by atoms with Crippen molar-refractivity contribution in [2.24, 2.45) is 0 Å². The number of anilines is 3. The van der Waals surface area contributed by atoms with E-state index in [9.17, 15) is 0 Å². The first-order valence-electron chi connectivity index (χ1n) is 9.94. The van der Waals surface area contributed by atoms with Gasteiger partial charge in [-0.05, 0) is 49.7 Å². The van der Waals surface area contributed by atoms with Crippen molar-refractivity contribution >= 4 is 17.6 Å². The van der Waals surface area contributed by atoms with Crippen LogP contribution in [0.5, 0.6) is 11.5 Å². The van der Waals surface area contributed by atoms with Gasteiger partial charge >= 0.3 is 0 Å². The van der Waals surface area contributed by atoms with Crippen molar-refractivity contribution in [2.45, 2.75) is 25.4 Å². The van der Waals surface area contributed by atoms with Gasteiger partial charge in [0.1, 0.15) is 17.3 Å². The number of nitrogens with one attached hydrogen (secondary N) is 1. The van der Waals surface area contributed by atoms with Crippen molar-refractivity contribution in [1.82, 2.24) is 19.9 Å². The molecule has 2 heterocycles.